The minimum atomic E-state index is -5.28. The number of benzene rings is 1. The van der Waals surface area contributed by atoms with Crippen LogP contribution in [0.25, 0.3) is 0 Å². The van der Waals surface area contributed by atoms with Crippen LogP contribution in [0.15, 0.2) is 24.3 Å². The van der Waals surface area contributed by atoms with Crippen molar-refractivity contribution in [3.63, 3.8) is 0 Å². The minimum absolute atomic E-state index is 0.296. The molecule has 4 nitrogen and oxygen atoms in total. The Morgan fingerprint density at radius 3 is 2.19 bits per heavy atom. The van der Waals surface area contributed by atoms with Crippen LogP contribution < -0.4 is 5.32 Å². The number of carbonyl (C=O) groups excluding carboxylic acids is 2. The van der Waals surface area contributed by atoms with Crippen LogP contribution in [0, 0.1) is 5.82 Å². The number of rotatable bonds is 4. The lowest BCUT2D eigenvalue weighted by Crippen LogP contribution is -2.60. The van der Waals surface area contributed by atoms with E-state index in [1.54, 1.807) is 0 Å². The molecule has 0 aliphatic rings. The minimum Gasteiger partial charge on any atom is -0.463 e. The third-order valence-electron chi connectivity index (χ3n) is 2.34. The van der Waals surface area contributed by atoms with Gasteiger partial charge in [-0.25, -0.2) is 9.18 Å². The Labute approximate surface area is 122 Å². The molecule has 0 bridgehead atoms. The number of hydrogen-bond acceptors (Lipinski definition) is 3. The lowest BCUT2D eigenvalue weighted by molar-refractivity contribution is -0.192. The zero-order valence-electron chi connectivity index (χ0n) is 10.6. The monoisotopic (exact) mass is 327 g/mol. The molecule has 0 radical (unpaired) electrons. The molecule has 0 saturated carbocycles. The van der Waals surface area contributed by atoms with E-state index in [9.17, 15) is 27.2 Å². The Bertz CT molecular complexity index is 532. The Hall–Kier alpha value is -1.83. The molecule has 0 saturated heterocycles. The van der Waals surface area contributed by atoms with Gasteiger partial charge in [0.15, 0.2) is 0 Å². The van der Waals surface area contributed by atoms with Crippen molar-refractivity contribution >= 4 is 23.5 Å². The molecule has 116 valence electrons. The first-order chi connectivity index (χ1) is 9.61. The van der Waals surface area contributed by atoms with Crippen molar-refractivity contribution in [1.82, 2.24) is 5.32 Å². The summed E-state index contributed by atoms with van der Waals surface area (Å²) in [4.78, 5) is 19.4. The number of ether oxygens (including phenoxy) is 1. The summed E-state index contributed by atoms with van der Waals surface area (Å²) in [7, 11) is 0. The van der Waals surface area contributed by atoms with Gasteiger partial charge in [0.05, 0.1) is 6.61 Å². The van der Waals surface area contributed by atoms with Gasteiger partial charge in [-0.2, -0.15) is 13.2 Å². The summed E-state index contributed by atoms with van der Waals surface area (Å²) in [6.07, 6.45) is -5.28. The summed E-state index contributed by atoms with van der Waals surface area (Å²) in [5.74, 6) is -3.82. The second kappa shape index (κ2) is 6.30. The van der Waals surface area contributed by atoms with Crippen molar-refractivity contribution in [1.29, 1.82) is 0 Å². The standard InChI is InChI=1S/C12H10ClF4NO3/c1-2-21-10(20)11(13,12(15,16)17)18-9(19)7-3-5-8(14)6-4-7/h3-6H,2H2,1H3,(H,18,19)/t11-/m1/s1. The van der Waals surface area contributed by atoms with Crippen molar-refractivity contribution in [3.8, 4) is 0 Å². The van der Waals surface area contributed by atoms with Crippen molar-refractivity contribution in [3.05, 3.63) is 35.6 Å². The Kier molecular flexibility index (Phi) is 5.16. The maximum absolute atomic E-state index is 12.9. The molecule has 1 aromatic rings. The van der Waals surface area contributed by atoms with Gasteiger partial charge in [0.2, 0.25) is 0 Å². The number of hydrogen-bond donors (Lipinski definition) is 1. The van der Waals surface area contributed by atoms with Gasteiger partial charge < -0.3 is 10.1 Å². The SMILES string of the molecule is CCOC(=O)[C@@](Cl)(NC(=O)c1ccc(F)cc1)C(F)(F)F. The molecule has 21 heavy (non-hydrogen) atoms. The highest BCUT2D eigenvalue weighted by atomic mass is 35.5. The van der Waals surface area contributed by atoms with E-state index < -0.39 is 28.9 Å². The number of carbonyl (C=O) groups is 2. The fourth-order valence-electron chi connectivity index (χ4n) is 1.30. The highest BCUT2D eigenvalue weighted by molar-refractivity contribution is 6.35. The number of halogens is 5. The predicted octanol–water partition coefficient (Wildman–Crippen LogP) is 2.62. The Balaban J connectivity index is 3.04. The summed E-state index contributed by atoms with van der Waals surface area (Å²) in [5, 5.41) is 1.36. The average Bonchev–Trinajstić information content (AvgIpc) is 2.38. The van der Waals surface area contributed by atoms with Crippen LogP contribution in [0.4, 0.5) is 17.6 Å². The van der Waals surface area contributed by atoms with E-state index in [0.717, 1.165) is 24.3 Å². The highest BCUT2D eigenvalue weighted by Crippen LogP contribution is 2.35. The van der Waals surface area contributed by atoms with Crippen molar-refractivity contribution < 1.29 is 31.9 Å². The van der Waals surface area contributed by atoms with Crippen LogP contribution in [0.3, 0.4) is 0 Å². The lowest BCUT2D eigenvalue weighted by Gasteiger charge is -2.28. The fraction of sp³-hybridized carbons (Fsp3) is 0.333. The van der Waals surface area contributed by atoms with Crippen LogP contribution >= 0.6 is 11.6 Å². The number of nitrogens with one attached hydrogen (secondary N) is 1. The summed E-state index contributed by atoms with van der Waals surface area (Å²) < 4.78 is 55.7. The predicted molar refractivity (Wildman–Crippen MR) is 65.1 cm³/mol. The molecule has 1 atom stereocenters. The van der Waals surface area contributed by atoms with Gasteiger partial charge in [0.1, 0.15) is 5.82 Å². The van der Waals surface area contributed by atoms with Gasteiger partial charge in [-0.05, 0) is 31.2 Å². The molecular weight excluding hydrogens is 318 g/mol. The van der Waals surface area contributed by atoms with Crippen LogP contribution in [0.1, 0.15) is 17.3 Å². The molecule has 0 aliphatic heterocycles. The highest BCUT2D eigenvalue weighted by Gasteiger charge is 2.62. The molecule has 0 fully saturated rings. The van der Waals surface area contributed by atoms with Crippen LogP contribution in [-0.4, -0.2) is 29.7 Å². The second-order valence-electron chi connectivity index (χ2n) is 3.84. The lowest BCUT2D eigenvalue weighted by atomic mass is 10.2. The number of esters is 1. The van der Waals surface area contributed by atoms with E-state index in [4.69, 9.17) is 11.6 Å². The van der Waals surface area contributed by atoms with Crippen LogP contribution in [0.5, 0.6) is 0 Å². The number of alkyl halides is 4. The summed E-state index contributed by atoms with van der Waals surface area (Å²) >= 11 is 5.22. The van der Waals surface area contributed by atoms with E-state index in [2.05, 4.69) is 4.74 Å². The molecule has 0 unspecified atom stereocenters. The molecule has 0 aliphatic carbocycles. The maximum atomic E-state index is 12.9. The molecule has 0 spiro atoms. The molecule has 1 amide bonds. The van der Waals surface area contributed by atoms with Crippen LogP contribution in [0.2, 0.25) is 0 Å². The van der Waals surface area contributed by atoms with E-state index >= 15 is 0 Å². The van der Waals surface area contributed by atoms with Crippen molar-refractivity contribution in [2.24, 2.45) is 0 Å². The molecule has 1 aromatic carbocycles. The summed E-state index contributed by atoms with van der Waals surface area (Å²) in [6, 6.07) is 3.65. The maximum Gasteiger partial charge on any atom is 0.437 e. The molecule has 0 aromatic heterocycles. The number of amides is 1. The molecule has 9 heteroatoms. The zero-order chi connectivity index (χ0) is 16.3. The molecule has 1 rings (SSSR count). The Morgan fingerprint density at radius 1 is 1.24 bits per heavy atom. The van der Waals surface area contributed by atoms with E-state index in [1.165, 1.54) is 12.2 Å². The average molecular weight is 328 g/mol. The Morgan fingerprint density at radius 2 is 1.76 bits per heavy atom. The molecular formula is C12H10ClF4NO3. The smallest absolute Gasteiger partial charge is 0.437 e. The van der Waals surface area contributed by atoms with Gasteiger partial charge in [0, 0.05) is 5.56 Å². The van der Waals surface area contributed by atoms with Gasteiger partial charge in [-0.3, -0.25) is 4.79 Å². The molecule has 0 heterocycles. The quantitative estimate of drug-likeness (QED) is 0.400. The van der Waals surface area contributed by atoms with Gasteiger partial charge in [0.25, 0.3) is 5.91 Å². The molecule has 1 N–H and O–H groups in total. The van der Waals surface area contributed by atoms with Crippen molar-refractivity contribution in [2.45, 2.75) is 18.1 Å². The van der Waals surface area contributed by atoms with Crippen LogP contribution in [-0.2, 0) is 9.53 Å². The van der Waals surface area contributed by atoms with Gasteiger partial charge in [-0.15, -0.1) is 0 Å². The van der Waals surface area contributed by atoms with Crippen molar-refractivity contribution in [2.75, 3.05) is 6.61 Å². The third-order valence-corrected chi connectivity index (χ3v) is 2.80. The fourth-order valence-corrected chi connectivity index (χ4v) is 1.44. The normalized spacial score (nSPS) is 14.2. The first-order valence-electron chi connectivity index (χ1n) is 5.62. The summed E-state index contributed by atoms with van der Waals surface area (Å²) in [6.45, 7) is 0.934. The topological polar surface area (TPSA) is 55.4 Å². The third kappa shape index (κ3) is 3.84. The van der Waals surface area contributed by atoms with Gasteiger partial charge >= 0.3 is 17.1 Å². The van der Waals surface area contributed by atoms with E-state index in [1.807, 2.05) is 0 Å². The first kappa shape index (κ1) is 17.2. The van der Waals surface area contributed by atoms with E-state index in [-0.39, 0.29) is 12.2 Å². The first-order valence-corrected chi connectivity index (χ1v) is 6.00. The van der Waals surface area contributed by atoms with E-state index in [0.29, 0.717) is 0 Å². The summed E-state index contributed by atoms with van der Waals surface area (Å²) in [5.41, 5.74) is -0.296. The second-order valence-corrected chi connectivity index (χ2v) is 4.40. The zero-order valence-corrected chi connectivity index (χ0v) is 11.4. The van der Waals surface area contributed by atoms with Gasteiger partial charge in [-0.1, -0.05) is 11.6 Å². The largest absolute Gasteiger partial charge is 0.463 e.